The van der Waals surface area contributed by atoms with E-state index >= 15 is 0 Å². The van der Waals surface area contributed by atoms with Gasteiger partial charge in [0.15, 0.2) is 0 Å². The van der Waals surface area contributed by atoms with E-state index in [-0.39, 0.29) is 5.60 Å². The van der Waals surface area contributed by atoms with Crippen LogP contribution in [0.4, 0.5) is 0 Å². The SMILES string of the molecule is CC(C)C1(O)C[C@H]2CC[C@@H](C1)N2. The van der Waals surface area contributed by atoms with Gasteiger partial charge >= 0.3 is 0 Å². The summed E-state index contributed by atoms with van der Waals surface area (Å²) >= 11 is 0. The van der Waals surface area contributed by atoms with Crippen LogP contribution >= 0.6 is 0 Å². The molecule has 2 heterocycles. The Morgan fingerprint density at radius 1 is 1.25 bits per heavy atom. The minimum absolute atomic E-state index is 0.378. The molecule has 12 heavy (non-hydrogen) atoms. The minimum Gasteiger partial charge on any atom is -0.390 e. The van der Waals surface area contributed by atoms with E-state index in [0.717, 1.165) is 12.8 Å². The molecule has 0 aromatic carbocycles. The van der Waals surface area contributed by atoms with Gasteiger partial charge in [-0.1, -0.05) is 13.8 Å². The molecule has 0 amide bonds. The lowest BCUT2D eigenvalue weighted by molar-refractivity contribution is -0.0457. The van der Waals surface area contributed by atoms with E-state index in [4.69, 9.17) is 0 Å². The van der Waals surface area contributed by atoms with Crippen LogP contribution in [-0.4, -0.2) is 22.8 Å². The van der Waals surface area contributed by atoms with E-state index < -0.39 is 0 Å². The summed E-state index contributed by atoms with van der Waals surface area (Å²) in [4.78, 5) is 0. The van der Waals surface area contributed by atoms with Gasteiger partial charge in [-0.15, -0.1) is 0 Å². The van der Waals surface area contributed by atoms with Crippen molar-refractivity contribution in [2.75, 3.05) is 0 Å². The third-order valence-electron chi connectivity index (χ3n) is 3.61. The van der Waals surface area contributed by atoms with E-state index in [1.165, 1.54) is 12.8 Å². The standard InChI is InChI=1S/C10H19NO/c1-7(2)10(12)5-8-3-4-9(6-10)11-8/h7-9,11-12H,3-6H2,1-2H3/t8-,9+,10?. The zero-order valence-electron chi connectivity index (χ0n) is 8.01. The fourth-order valence-corrected chi connectivity index (χ4v) is 2.63. The molecule has 2 aliphatic rings. The zero-order valence-corrected chi connectivity index (χ0v) is 8.01. The maximum atomic E-state index is 10.3. The molecule has 2 saturated heterocycles. The van der Waals surface area contributed by atoms with Crippen molar-refractivity contribution in [3.05, 3.63) is 0 Å². The average Bonchev–Trinajstić information content (AvgIpc) is 2.30. The highest BCUT2D eigenvalue weighted by molar-refractivity contribution is 5.00. The molecule has 3 atom stereocenters. The Kier molecular flexibility index (Phi) is 1.92. The largest absolute Gasteiger partial charge is 0.390 e. The molecule has 70 valence electrons. The second-order valence-electron chi connectivity index (χ2n) is 4.80. The Hall–Kier alpha value is -0.0800. The van der Waals surface area contributed by atoms with Gasteiger partial charge in [0, 0.05) is 12.1 Å². The number of aliphatic hydroxyl groups is 1. The summed E-state index contributed by atoms with van der Waals surface area (Å²) in [6.45, 7) is 4.26. The number of hydrogen-bond acceptors (Lipinski definition) is 2. The summed E-state index contributed by atoms with van der Waals surface area (Å²) in [5.74, 6) is 0.405. The van der Waals surface area contributed by atoms with Gasteiger partial charge in [0.05, 0.1) is 5.60 Å². The number of fused-ring (bicyclic) bond motifs is 2. The molecule has 2 aliphatic heterocycles. The first-order valence-corrected chi connectivity index (χ1v) is 5.08. The molecule has 0 aromatic rings. The summed E-state index contributed by atoms with van der Waals surface area (Å²) in [5.41, 5.74) is -0.378. The summed E-state index contributed by atoms with van der Waals surface area (Å²) in [6, 6.07) is 1.19. The predicted molar refractivity (Wildman–Crippen MR) is 49.0 cm³/mol. The van der Waals surface area contributed by atoms with E-state index in [1.807, 2.05) is 0 Å². The third-order valence-corrected chi connectivity index (χ3v) is 3.61. The molecule has 2 rings (SSSR count). The second-order valence-corrected chi connectivity index (χ2v) is 4.80. The van der Waals surface area contributed by atoms with Gasteiger partial charge in [0.1, 0.15) is 0 Å². The van der Waals surface area contributed by atoms with Crippen LogP contribution in [0.25, 0.3) is 0 Å². The van der Waals surface area contributed by atoms with Crippen molar-refractivity contribution in [2.45, 2.75) is 57.2 Å². The monoisotopic (exact) mass is 169 g/mol. The molecule has 1 unspecified atom stereocenters. The van der Waals surface area contributed by atoms with Crippen molar-refractivity contribution >= 4 is 0 Å². The van der Waals surface area contributed by atoms with Crippen molar-refractivity contribution in [2.24, 2.45) is 5.92 Å². The second kappa shape index (κ2) is 2.71. The molecule has 2 fully saturated rings. The first-order valence-electron chi connectivity index (χ1n) is 5.08. The van der Waals surface area contributed by atoms with Crippen LogP contribution in [0.1, 0.15) is 39.5 Å². The highest BCUT2D eigenvalue weighted by Crippen LogP contribution is 2.38. The van der Waals surface area contributed by atoms with Crippen LogP contribution in [0.3, 0.4) is 0 Å². The van der Waals surface area contributed by atoms with Gasteiger partial charge in [-0.25, -0.2) is 0 Å². The summed E-state index contributed by atoms with van der Waals surface area (Å²) in [5, 5.41) is 13.8. The van der Waals surface area contributed by atoms with Crippen LogP contribution in [-0.2, 0) is 0 Å². The first kappa shape index (κ1) is 8.52. The van der Waals surface area contributed by atoms with Crippen LogP contribution in [0.15, 0.2) is 0 Å². The molecule has 0 spiro atoms. The van der Waals surface area contributed by atoms with Crippen LogP contribution < -0.4 is 5.32 Å². The summed E-state index contributed by atoms with van der Waals surface area (Å²) < 4.78 is 0. The van der Waals surface area contributed by atoms with Crippen molar-refractivity contribution in [1.29, 1.82) is 0 Å². The Bertz CT molecular complexity index is 167. The highest BCUT2D eigenvalue weighted by atomic mass is 16.3. The van der Waals surface area contributed by atoms with Crippen LogP contribution in [0.2, 0.25) is 0 Å². The Labute approximate surface area is 74.4 Å². The van der Waals surface area contributed by atoms with Gasteiger partial charge in [-0.2, -0.15) is 0 Å². The van der Waals surface area contributed by atoms with Crippen molar-refractivity contribution in [3.63, 3.8) is 0 Å². The Balaban J connectivity index is 2.10. The smallest absolute Gasteiger partial charge is 0.0700 e. The molecule has 0 aromatic heterocycles. The fraction of sp³-hybridized carbons (Fsp3) is 1.00. The van der Waals surface area contributed by atoms with E-state index in [2.05, 4.69) is 19.2 Å². The molecular weight excluding hydrogens is 150 g/mol. The molecule has 0 saturated carbocycles. The number of hydrogen-bond donors (Lipinski definition) is 2. The number of nitrogens with one attached hydrogen (secondary N) is 1. The molecule has 2 heteroatoms. The lowest BCUT2D eigenvalue weighted by Crippen LogP contribution is -2.51. The van der Waals surface area contributed by atoms with Crippen molar-refractivity contribution in [1.82, 2.24) is 5.32 Å². The van der Waals surface area contributed by atoms with Crippen LogP contribution in [0.5, 0.6) is 0 Å². The summed E-state index contributed by atoms with van der Waals surface area (Å²) in [7, 11) is 0. The summed E-state index contributed by atoms with van der Waals surface area (Å²) in [6.07, 6.45) is 4.45. The van der Waals surface area contributed by atoms with E-state index in [1.54, 1.807) is 0 Å². The maximum absolute atomic E-state index is 10.3. The van der Waals surface area contributed by atoms with E-state index in [9.17, 15) is 5.11 Å². The molecule has 2 N–H and O–H groups in total. The number of piperidine rings is 1. The maximum Gasteiger partial charge on any atom is 0.0700 e. The van der Waals surface area contributed by atoms with Gasteiger partial charge in [0.2, 0.25) is 0 Å². The van der Waals surface area contributed by atoms with Crippen molar-refractivity contribution in [3.8, 4) is 0 Å². The van der Waals surface area contributed by atoms with Gasteiger partial charge < -0.3 is 10.4 Å². The Morgan fingerprint density at radius 2 is 1.75 bits per heavy atom. The van der Waals surface area contributed by atoms with Crippen molar-refractivity contribution < 1.29 is 5.11 Å². The molecule has 0 aliphatic carbocycles. The van der Waals surface area contributed by atoms with Gasteiger partial charge in [-0.05, 0) is 31.6 Å². The fourth-order valence-electron chi connectivity index (χ4n) is 2.63. The van der Waals surface area contributed by atoms with Crippen LogP contribution in [0, 0.1) is 5.92 Å². The molecule has 0 radical (unpaired) electrons. The molecule has 2 bridgehead atoms. The van der Waals surface area contributed by atoms with Gasteiger partial charge in [-0.3, -0.25) is 0 Å². The first-order chi connectivity index (χ1) is 5.60. The van der Waals surface area contributed by atoms with Gasteiger partial charge in [0.25, 0.3) is 0 Å². The molecule has 2 nitrogen and oxygen atoms in total. The Morgan fingerprint density at radius 3 is 2.17 bits per heavy atom. The minimum atomic E-state index is -0.378. The quantitative estimate of drug-likeness (QED) is 0.620. The lowest BCUT2D eigenvalue weighted by Gasteiger charge is -2.40. The lowest BCUT2D eigenvalue weighted by atomic mass is 9.79. The topological polar surface area (TPSA) is 32.3 Å². The average molecular weight is 169 g/mol. The number of rotatable bonds is 1. The highest BCUT2D eigenvalue weighted by Gasteiger charge is 2.43. The predicted octanol–water partition coefficient (Wildman–Crippen LogP) is 1.29. The zero-order chi connectivity index (χ0) is 8.77. The normalized spacial score (nSPS) is 47.0. The molecular formula is C10H19NO. The third kappa shape index (κ3) is 1.27. The van der Waals surface area contributed by atoms with E-state index in [0.29, 0.717) is 18.0 Å².